The zero-order valence-corrected chi connectivity index (χ0v) is 11.1. The number of halogens is 2. The molecular formula is C13H18ClFO2. The highest BCUT2D eigenvalue weighted by Gasteiger charge is 2.28. The first-order valence-electron chi connectivity index (χ1n) is 5.62. The molecule has 1 atom stereocenters. The Hall–Kier alpha value is -0.640. The maximum absolute atomic E-state index is 13.1. The van der Waals surface area contributed by atoms with Crippen molar-refractivity contribution in [1.82, 2.24) is 0 Å². The van der Waals surface area contributed by atoms with E-state index in [9.17, 15) is 9.50 Å². The number of aliphatic hydroxyl groups excluding tert-OH is 1. The molecule has 0 aromatic heterocycles. The van der Waals surface area contributed by atoms with Gasteiger partial charge in [0.15, 0.2) is 0 Å². The second-order valence-corrected chi connectivity index (χ2v) is 4.90. The van der Waals surface area contributed by atoms with Crippen LogP contribution in [0.25, 0.3) is 0 Å². The Balaban J connectivity index is 2.80. The van der Waals surface area contributed by atoms with Gasteiger partial charge in [-0.1, -0.05) is 11.6 Å². The van der Waals surface area contributed by atoms with Crippen molar-refractivity contribution in [2.45, 2.75) is 38.9 Å². The van der Waals surface area contributed by atoms with E-state index in [1.54, 1.807) is 13.8 Å². The number of ether oxygens (including phenoxy) is 1. The molecule has 0 radical (unpaired) electrons. The summed E-state index contributed by atoms with van der Waals surface area (Å²) in [5, 5.41) is 10.5. The summed E-state index contributed by atoms with van der Waals surface area (Å²) >= 11 is 5.95. The van der Waals surface area contributed by atoms with E-state index < -0.39 is 11.7 Å². The van der Waals surface area contributed by atoms with Crippen molar-refractivity contribution in [3.05, 3.63) is 34.6 Å². The molecule has 0 aliphatic rings. The van der Waals surface area contributed by atoms with E-state index in [0.717, 1.165) is 0 Å². The van der Waals surface area contributed by atoms with Gasteiger partial charge >= 0.3 is 0 Å². The van der Waals surface area contributed by atoms with E-state index in [1.807, 2.05) is 6.92 Å². The molecule has 17 heavy (non-hydrogen) atoms. The van der Waals surface area contributed by atoms with Crippen LogP contribution in [0, 0.1) is 5.82 Å². The number of aliphatic hydroxyl groups is 1. The highest BCUT2D eigenvalue weighted by Crippen LogP contribution is 2.23. The first kappa shape index (κ1) is 14.4. The van der Waals surface area contributed by atoms with Crippen molar-refractivity contribution in [3.63, 3.8) is 0 Å². The fourth-order valence-corrected chi connectivity index (χ4v) is 1.82. The largest absolute Gasteiger partial charge is 0.390 e. The highest BCUT2D eigenvalue weighted by molar-refractivity contribution is 6.31. The van der Waals surface area contributed by atoms with Crippen molar-refractivity contribution >= 4 is 11.6 Å². The molecule has 0 bridgehead atoms. The number of hydrogen-bond donors (Lipinski definition) is 1. The van der Waals surface area contributed by atoms with E-state index in [1.165, 1.54) is 18.2 Å². The van der Waals surface area contributed by atoms with Crippen LogP contribution in [0.5, 0.6) is 0 Å². The normalized spacial score (nSPS) is 13.8. The standard InChI is InChI=1S/C13H18ClFO2/c1-4-17-13(2,3)12(16)8-9-7-10(15)5-6-11(9)14/h5-7,12,16H,4,8H2,1-3H3. The molecule has 0 amide bonds. The predicted molar refractivity (Wildman–Crippen MR) is 66.8 cm³/mol. The molecule has 0 saturated heterocycles. The topological polar surface area (TPSA) is 29.5 Å². The Morgan fingerprint density at radius 1 is 1.47 bits per heavy atom. The SMILES string of the molecule is CCOC(C)(C)C(O)Cc1cc(F)ccc1Cl. The molecular weight excluding hydrogens is 243 g/mol. The second-order valence-electron chi connectivity index (χ2n) is 4.49. The van der Waals surface area contributed by atoms with Gasteiger partial charge in [-0.25, -0.2) is 4.39 Å². The molecule has 0 aliphatic carbocycles. The van der Waals surface area contributed by atoms with Crippen LogP contribution in [0.2, 0.25) is 5.02 Å². The lowest BCUT2D eigenvalue weighted by Crippen LogP contribution is -2.40. The summed E-state index contributed by atoms with van der Waals surface area (Å²) in [6.07, 6.45) is -0.467. The molecule has 0 spiro atoms. The van der Waals surface area contributed by atoms with Crippen molar-refractivity contribution in [3.8, 4) is 0 Å². The smallest absolute Gasteiger partial charge is 0.123 e. The fourth-order valence-electron chi connectivity index (χ4n) is 1.62. The second kappa shape index (κ2) is 5.80. The Kier molecular flexibility index (Phi) is 4.92. The summed E-state index contributed by atoms with van der Waals surface area (Å²) in [5.41, 5.74) is -0.0864. The summed E-state index contributed by atoms with van der Waals surface area (Å²) in [6, 6.07) is 4.13. The summed E-state index contributed by atoms with van der Waals surface area (Å²) in [7, 11) is 0. The Labute approximate surface area is 106 Å². The first-order chi connectivity index (χ1) is 7.86. The third-order valence-corrected chi connectivity index (χ3v) is 3.11. The van der Waals surface area contributed by atoms with Gasteiger partial charge in [0, 0.05) is 18.1 Å². The first-order valence-corrected chi connectivity index (χ1v) is 6.00. The Morgan fingerprint density at radius 3 is 2.71 bits per heavy atom. The maximum Gasteiger partial charge on any atom is 0.123 e. The van der Waals surface area contributed by atoms with Crippen LogP contribution in [0.1, 0.15) is 26.3 Å². The molecule has 0 fully saturated rings. The van der Waals surface area contributed by atoms with Gasteiger partial charge in [0.05, 0.1) is 11.7 Å². The van der Waals surface area contributed by atoms with Crippen LogP contribution in [0.3, 0.4) is 0 Å². The lowest BCUT2D eigenvalue weighted by Gasteiger charge is -2.30. The maximum atomic E-state index is 13.1. The Bertz CT molecular complexity index is 380. The van der Waals surface area contributed by atoms with E-state index in [2.05, 4.69) is 0 Å². The molecule has 1 unspecified atom stereocenters. The van der Waals surface area contributed by atoms with Crippen LogP contribution in [0.4, 0.5) is 4.39 Å². The third kappa shape index (κ3) is 3.95. The number of rotatable bonds is 5. The van der Waals surface area contributed by atoms with Crippen molar-refractivity contribution in [2.75, 3.05) is 6.61 Å². The minimum absolute atomic E-state index is 0.267. The van der Waals surface area contributed by atoms with Crippen LogP contribution >= 0.6 is 11.6 Å². The minimum atomic E-state index is -0.734. The number of benzene rings is 1. The molecule has 4 heteroatoms. The predicted octanol–water partition coefficient (Wildman–Crippen LogP) is 3.20. The molecule has 0 heterocycles. The third-order valence-electron chi connectivity index (χ3n) is 2.74. The van der Waals surface area contributed by atoms with Gasteiger partial charge in [-0.2, -0.15) is 0 Å². The Morgan fingerprint density at radius 2 is 2.12 bits per heavy atom. The van der Waals surface area contributed by atoms with Gasteiger partial charge in [0.25, 0.3) is 0 Å². The van der Waals surface area contributed by atoms with Crippen molar-refractivity contribution in [1.29, 1.82) is 0 Å². The fraction of sp³-hybridized carbons (Fsp3) is 0.538. The zero-order chi connectivity index (χ0) is 13.1. The van der Waals surface area contributed by atoms with Gasteiger partial charge in [0.2, 0.25) is 0 Å². The van der Waals surface area contributed by atoms with E-state index in [-0.39, 0.29) is 12.2 Å². The molecule has 2 nitrogen and oxygen atoms in total. The quantitative estimate of drug-likeness (QED) is 0.881. The van der Waals surface area contributed by atoms with Crippen molar-refractivity contribution in [2.24, 2.45) is 0 Å². The van der Waals surface area contributed by atoms with Gasteiger partial charge < -0.3 is 9.84 Å². The summed E-state index contributed by atoms with van der Waals surface area (Å²) < 4.78 is 18.5. The lowest BCUT2D eigenvalue weighted by molar-refractivity contribution is -0.0955. The van der Waals surface area contributed by atoms with E-state index in [4.69, 9.17) is 16.3 Å². The average Bonchev–Trinajstić information content (AvgIpc) is 2.23. The molecule has 1 aromatic carbocycles. The van der Waals surface area contributed by atoms with Crippen LogP contribution in [0.15, 0.2) is 18.2 Å². The highest BCUT2D eigenvalue weighted by atomic mass is 35.5. The molecule has 96 valence electrons. The average molecular weight is 261 g/mol. The van der Waals surface area contributed by atoms with Gasteiger partial charge in [-0.15, -0.1) is 0 Å². The van der Waals surface area contributed by atoms with E-state index >= 15 is 0 Å². The summed E-state index contributed by atoms with van der Waals surface area (Å²) in [6.45, 7) is 5.98. The van der Waals surface area contributed by atoms with Crippen LogP contribution in [-0.2, 0) is 11.2 Å². The monoisotopic (exact) mass is 260 g/mol. The van der Waals surface area contributed by atoms with Gasteiger partial charge in [-0.3, -0.25) is 0 Å². The number of hydrogen-bond acceptors (Lipinski definition) is 2. The molecule has 0 aliphatic heterocycles. The molecule has 0 saturated carbocycles. The minimum Gasteiger partial charge on any atom is -0.390 e. The van der Waals surface area contributed by atoms with Gasteiger partial charge in [-0.05, 0) is 44.5 Å². The summed E-state index contributed by atoms with van der Waals surface area (Å²) in [4.78, 5) is 0. The zero-order valence-electron chi connectivity index (χ0n) is 10.3. The van der Waals surface area contributed by atoms with Gasteiger partial charge in [0.1, 0.15) is 5.82 Å². The molecule has 1 N–H and O–H groups in total. The van der Waals surface area contributed by atoms with Crippen LogP contribution in [-0.4, -0.2) is 23.4 Å². The molecule has 1 rings (SSSR count). The summed E-state index contributed by atoms with van der Waals surface area (Å²) in [5.74, 6) is -0.356. The lowest BCUT2D eigenvalue weighted by atomic mass is 9.95. The van der Waals surface area contributed by atoms with Crippen LogP contribution < -0.4 is 0 Å². The van der Waals surface area contributed by atoms with E-state index in [0.29, 0.717) is 17.2 Å². The molecule has 1 aromatic rings. The van der Waals surface area contributed by atoms with Crippen molar-refractivity contribution < 1.29 is 14.2 Å².